The maximum atomic E-state index is 13.0. The monoisotopic (exact) mass is 396 g/mol. The topological polar surface area (TPSA) is 60.9 Å². The van der Waals surface area contributed by atoms with Crippen molar-refractivity contribution >= 4 is 5.91 Å². The number of carbonyl (C=O) groups excluding carboxylic acids is 1. The van der Waals surface area contributed by atoms with Gasteiger partial charge in [-0.1, -0.05) is 6.07 Å². The lowest BCUT2D eigenvalue weighted by Crippen LogP contribution is -2.56. The molecule has 1 amide bonds. The molecule has 1 aliphatic heterocycles. The maximum Gasteiger partial charge on any atom is 0.421 e. The molecule has 2 heterocycles. The third kappa shape index (κ3) is 4.29. The van der Waals surface area contributed by atoms with Crippen molar-refractivity contribution in [3.05, 3.63) is 47.7 Å². The molecule has 1 saturated heterocycles. The summed E-state index contributed by atoms with van der Waals surface area (Å²) in [5.74, 6) is 0.468. The minimum atomic E-state index is -4.55. The Hall–Kier alpha value is -2.97. The standard InChI is InChI=1S/C19H19F3N2O4/c1-26-15-6-5-12(8-16(15)27-2)9-17(25)24-10-13(11-24)28-18-14(19(20,21)22)4-3-7-23-18/h3-8,13H,9-11H2,1-2H3. The van der Waals surface area contributed by atoms with Gasteiger partial charge in [-0.2, -0.15) is 13.2 Å². The SMILES string of the molecule is COc1ccc(CC(=O)N2CC(Oc3ncccc3C(F)(F)F)C2)cc1OC. The molecule has 0 radical (unpaired) electrons. The number of alkyl halides is 3. The molecule has 0 unspecified atom stereocenters. The molecule has 3 rings (SSSR count). The molecule has 150 valence electrons. The molecule has 9 heteroatoms. The molecule has 2 aromatic rings. The molecule has 0 bridgehead atoms. The van der Waals surface area contributed by atoms with Gasteiger partial charge < -0.3 is 19.1 Å². The fourth-order valence-corrected chi connectivity index (χ4v) is 2.85. The summed E-state index contributed by atoms with van der Waals surface area (Å²) in [5, 5.41) is 0. The zero-order valence-electron chi connectivity index (χ0n) is 15.3. The number of aromatic nitrogens is 1. The van der Waals surface area contributed by atoms with Gasteiger partial charge in [0.2, 0.25) is 11.8 Å². The third-order valence-corrected chi connectivity index (χ3v) is 4.36. The Morgan fingerprint density at radius 2 is 1.89 bits per heavy atom. The van der Waals surface area contributed by atoms with Gasteiger partial charge >= 0.3 is 6.18 Å². The van der Waals surface area contributed by atoms with Crippen molar-refractivity contribution in [3.8, 4) is 17.4 Å². The van der Waals surface area contributed by atoms with Gasteiger partial charge in [0, 0.05) is 6.20 Å². The smallest absolute Gasteiger partial charge is 0.421 e. The molecule has 0 saturated carbocycles. The molecule has 1 aromatic heterocycles. The van der Waals surface area contributed by atoms with Gasteiger partial charge in [0.25, 0.3) is 0 Å². The average Bonchev–Trinajstić information content (AvgIpc) is 2.63. The fraction of sp³-hybridized carbons (Fsp3) is 0.368. The van der Waals surface area contributed by atoms with Crippen LogP contribution in [0.1, 0.15) is 11.1 Å². The molecule has 0 spiro atoms. The van der Waals surface area contributed by atoms with Crippen LogP contribution < -0.4 is 14.2 Å². The third-order valence-electron chi connectivity index (χ3n) is 4.36. The van der Waals surface area contributed by atoms with E-state index in [1.54, 1.807) is 18.2 Å². The van der Waals surface area contributed by atoms with Crippen molar-refractivity contribution in [3.63, 3.8) is 0 Å². The summed E-state index contributed by atoms with van der Waals surface area (Å²) in [7, 11) is 3.03. The van der Waals surface area contributed by atoms with Crippen LogP contribution >= 0.6 is 0 Å². The normalized spacial score (nSPS) is 14.4. The van der Waals surface area contributed by atoms with E-state index in [0.717, 1.165) is 11.6 Å². The minimum absolute atomic E-state index is 0.143. The number of benzene rings is 1. The van der Waals surface area contributed by atoms with Crippen LogP contribution in [0.15, 0.2) is 36.5 Å². The highest BCUT2D eigenvalue weighted by Gasteiger charge is 2.38. The Labute approximate surface area is 159 Å². The molecule has 0 atom stereocenters. The zero-order valence-corrected chi connectivity index (χ0v) is 15.3. The Morgan fingerprint density at radius 3 is 2.54 bits per heavy atom. The number of halogens is 3. The lowest BCUT2D eigenvalue weighted by atomic mass is 10.1. The Morgan fingerprint density at radius 1 is 1.18 bits per heavy atom. The lowest BCUT2D eigenvalue weighted by molar-refractivity contribution is -0.144. The molecule has 0 aliphatic carbocycles. The largest absolute Gasteiger partial charge is 0.493 e. The van der Waals surface area contributed by atoms with Crippen LogP contribution in [0.3, 0.4) is 0 Å². The highest BCUT2D eigenvalue weighted by molar-refractivity contribution is 5.80. The van der Waals surface area contributed by atoms with Crippen molar-refractivity contribution in [1.29, 1.82) is 0 Å². The van der Waals surface area contributed by atoms with Gasteiger partial charge in [0.1, 0.15) is 11.7 Å². The molecule has 6 nitrogen and oxygen atoms in total. The molecular formula is C19H19F3N2O4. The van der Waals surface area contributed by atoms with Crippen LogP contribution in [0.4, 0.5) is 13.2 Å². The molecule has 1 aliphatic rings. The van der Waals surface area contributed by atoms with Gasteiger partial charge in [-0.25, -0.2) is 4.98 Å². The zero-order chi connectivity index (χ0) is 20.3. The second-order valence-electron chi connectivity index (χ2n) is 6.26. The van der Waals surface area contributed by atoms with E-state index >= 15 is 0 Å². The van der Waals surface area contributed by atoms with Crippen molar-refractivity contribution in [2.24, 2.45) is 0 Å². The molecule has 0 N–H and O–H groups in total. The van der Waals surface area contributed by atoms with E-state index in [1.165, 1.54) is 31.4 Å². The van der Waals surface area contributed by atoms with Crippen LogP contribution in [0.25, 0.3) is 0 Å². The number of hydrogen-bond acceptors (Lipinski definition) is 5. The van der Waals surface area contributed by atoms with Crippen LogP contribution in [-0.4, -0.2) is 49.2 Å². The minimum Gasteiger partial charge on any atom is -0.493 e. The maximum absolute atomic E-state index is 13.0. The highest BCUT2D eigenvalue weighted by Crippen LogP contribution is 2.35. The van der Waals surface area contributed by atoms with Crippen LogP contribution in [0.2, 0.25) is 0 Å². The van der Waals surface area contributed by atoms with E-state index in [9.17, 15) is 18.0 Å². The predicted molar refractivity (Wildman–Crippen MR) is 93.5 cm³/mol. The number of hydrogen-bond donors (Lipinski definition) is 0. The van der Waals surface area contributed by atoms with Gasteiger partial charge in [-0.15, -0.1) is 0 Å². The van der Waals surface area contributed by atoms with Crippen molar-refractivity contribution in [2.45, 2.75) is 18.7 Å². The summed E-state index contributed by atoms with van der Waals surface area (Å²) < 4.78 is 54.7. The summed E-state index contributed by atoms with van der Waals surface area (Å²) in [6, 6.07) is 7.31. The van der Waals surface area contributed by atoms with Gasteiger partial charge in [0.15, 0.2) is 11.5 Å². The Bertz CT molecular complexity index is 851. The van der Waals surface area contributed by atoms with Crippen molar-refractivity contribution < 1.29 is 32.2 Å². The first-order valence-corrected chi connectivity index (χ1v) is 8.49. The number of ether oxygens (including phenoxy) is 3. The van der Waals surface area contributed by atoms with E-state index in [2.05, 4.69) is 4.98 Å². The summed E-state index contributed by atoms with van der Waals surface area (Å²) in [6.45, 7) is 0.417. The number of likely N-dealkylation sites (tertiary alicyclic amines) is 1. The van der Waals surface area contributed by atoms with E-state index in [4.69, 9.17) is 14.2 Å². The number of amides is 1. The van der Waals surface area contributed by atoms with E-state index in [0.29, 0.717) is 11.5 Å². The first-order chi connectivity index (χ1) is 13.3. The van der Waals surface area contributed by atoms with Crippen LogP contribution in [-0.2, 0) is 17.4 Å². The summed E-state index contributed by atoms with van der Waals surface area (Å²) in [6.07, 6.45) is -3.69. The first kappa shape index (κ1) is 19.8. The summed E-state index contributed by atoms with van der Waals surface area (Å²) in [4.78, 5) is 17.6. The van der Waals surface area contributed by atoms with Crippen LogP contribution in [0, 0.1) is 0 Å². The van der Waals surface area contributed by atoms with Gasteiger partial charge in [-0.3, -0.25) is 4.79 Å². The molecule has 1 aromatic carbocycles. The number of methoxy groups -OCH3 is 2. The molecule has 1 fully saturated rings. The van der Waals surface area contributed by atoms with E-state index in [1.807, 2.05) is 0 Å². The summed E-state index contributed by atoms with van der Waals surface area (Å²) in [5.41, 5.74) is -0.179. The quantitative estimate of drug-likeness (QED) is 0.752. The predicted octanol–water partition coefficient (Wildman–Crippen LogP) is 2.95. The number of rotatable bonds is 6. The fourth-order valence-electron chi connectivity index (χ4n) is 2.85. The Kier molecular flexibility index (Phi) is 5.62. The molecule has 28 heavy (non-hydrogen) atoms. The lowest BCUT2D eigenvalue weighted by Gasteiger charge is -2.39. The van der Waals surface area contributed by atoms with E-state index in [-0.39, 0.29) is 25.4 Å². The van der Waals surface area contributed by atoms with E-state index < -0.39 is 23.7 Å². The second-order valence-corrected chi connectivity index (χ2v) is 6.26. The van der Waals surface area contributed by atoms with Crippen molar-refractivity contribution in [1.82, 2.24) is 9.88 Å². The molecular weight excluding hydrogens is 377 g/mol. The van der Waals surface area contributed by atoms with Gasteiger partial charge in [-0.05, 0) is 29.8 Å². The first-order valence-electron chi connectivity index (χ1n) is 8.49. The van der Waals surface area contributed by atoms with Crippen LogP contribution in [0.5, 0.6) is 17.4 Å². The van der Waals surface area contributed by atoms with Crippen molar-refractivity contribution in [2.75, 3.05) is 27.3 Å². The number of pyridine rings is 1. The average molecular weight is 396 g/mol. The Balaban J connectivity index is 1.57. The number of carbonyl (C=O) groups is 1. The number of nitrogens with zero attached hydrogens (tertiary/aromatic N) is 2. The highest BCUT2D eigenvalue weighted by atomic mass is 19.4. The van der Waals surface area contributed by atoms with Gasteiger partial charge in [0.05, 0.1) is 33.7 Å². The second kappa shape index (κ2) is 7.95. The summed E-state index contributed by atoms with van der Waals surface area (Å²) >= 11 is 0.